The smallest absolute Gasteiger partial charge is 0.329 e. The van der Waals surface area contributed by atoms with E-state index in [9.17, 15) is 24.0 Å². The monoisotopic (exact) mass is 933 g/mol. The van der Waals surface area contributed by atoms with Gasteiger partial charge in [0.05, 0.1) is 26.2 Å². The normalized spacial score (nSPS) is 15.3. The molecule has 0 saturated carbocycles. The molecule has 5 aromatic carbocycles. The van der Waals surface area contributed by atoms with Crippen LogP contribution in [0.5, 0.6) is 5.75 Å². The first-order chi connectivity index (χ1) is 31.8. The lowest BCUT2D eigenvalue weighted by Crippen LogP contribution is -2.36. The number of hydrogen-bond acceptors (Lipinski definition) is 7. The van der Waals surface area contributed by atoms with E-state index in [1.165, 1.54) is 25.2 Å². The number of rotatable bonds is 18. The van der Waals surface area contributed by atoms with Crippen molar-refractivity contribution in [1.82, 2.24) is 19.6 Å². The maximum absolute atomic E-state index is 13.1. The zero-order valence-electron chi connectivity index (χ0n) is 38.1. The van der Waals surface area contributed by atoms with Crippen LogP contribution in [0.1, 0.15) is 84.9 Å². The van der Waals surface area contributed by atoms with Crippen LogP contribution < -0.4 is 10.1 Å². The number of aryl methyl sites for hydroxylation is 2. The third kappa shape index (κ3) is 12.8. The Kier molecular flexibility index (Phi) is 17.4. The molecule has 2 aliphatic heterocycles. The Balaban J connectivity index is 0.000000225. The molecule has 5 aromatic rings. The van der Waals surface area contributed by atoms with Gasteiger partial charge < -0.3 is 19.7 Å². The molecule has 0 radical (unpaired) electrons. The Labute approximate surface area is 397 Å². The van der Waals surface area contributed by atoms with Crippen LogP contribution in [0.3, 0.4) is 0 Å². The van der Waals surface area contributed by atoms with Crippen molar-refractivity contribution in [1.29, 1.82) is 0 Å². The lowest BCUT2D eigenvalue weighted by Gasteiger charge is -2.21. The van der Waals surface area contributed by atoms with Gasteiger partial charge in [-0.1, -0.05) is 128 Å². The van der Waals surface area contributed by atoms with Crippen molar-refractivity contribution in [2.45, 2.75) is 92.2 Å². The molecule has 0 spiro atoms. The first-order valence-corrected chi connectivity index (χ1v) is 23.0. The second-order valence-corrected chi connectivity index (χ2v) is 17.3. The predicted molar refractivity (Wildman–Crippen MR) is 257 cm³/mol. The quantitative estimate of drug-likeness (QED) is 0.0684. The molecule has 7 rings (SSSR count). The van der Waals surface area contributed by atoms with Gasteiger partial charge in [-0.15, -0.1) is 0 Å². The van der Waals surface area contributed by atoms with Crippen LogP contribution in [0.4, 0.5) is 15.3 Å². The number of ether oxygens (including phenoxy) is 2. The zero-order valence-corrected chi connectivity index (χ0v) is 39.6. The number of nitrogens with zero attached hydrogens (tertiary/aromatic N) is 4. The Hall–Kier alpha value is -6.21. The summed E-state index contributed by atoms with van der Waals surface area (Å²) in [7, 11) is 0. The molecule has 346 valence electrons. The third-order valence-corrected chi connectivity index (χ3v) is 12.2. The molecule has 66 heavy (non-hydrogen) atoms. The summed E-state index contributed by atoms with van der Waals surface area (Å²) < 4.78 is 11.4. The predicted octanol–water partition coefficient (Wildman–Crippen LogP) is 10.9. The molecule has 2 aliphatic rings. The van der Waals surface area contributed by atoms with Gasteiger partial charge in [0.1, 0.15) is 12.3 Å². The van der Waals surface area contributed by atoms with Crippen LogP contribution in [0, 0.1) is 13.8 Å². The number of halogens is 2. The molecule has 1 N–H and O–H groups in total. The third-order valence-electron chi connectivity index (χ3n) is 11.5. The van der Waals surface area contributed by atoms with E-state index in [1.54, 1.807) is 18.2 Å². The van der Waals surface area contributed by atoms with Crippen LogP contribution in [0.15, 0.2) is 115 Å². The summed E-state index contributed by atoms with van der Waals surface area (Å²) in [6.07, 6.45) is 0.942. The highest BCUT2D eigenvalue weighted by Crippen LogP contribution is 2.30. The van der Waals surface area contributed by atoms with Crippen molar-refractivity contribution in [3.05, 3.63) is 164 Å². The Morgan fingerprint density at radius 2 is 1.38 bits per heavy atom. The molecule has 2 unspecified atom stereocenters. The molecule has 2 atom stereocenters. The van der Waals surface area contributed by atoms with E-state index in [0.29, 0.717) is 66.4 Å². The molecule has 0 aromatic heterocycles. The summed E-state index contributed by atoms with van der Waals surface area (Å²) in [5.74, 6) is 0.413. The lowest BCUT2D eigenvalue weighted by molar-refractivity contribution is -0.142. The van der Waals surface area contributed by atoms with Gasteiger partial charge >= 0.3 is 12.1 Å². The van der Waals surface area contributed by atoms with E-state index in [2.05, 4.69) is 25.2 Å². The molecule has 2 heterocycles. The fraction of sp³-hybridized carbons (Fsp3) is 0.327. The van der Waals surface area contributed by atoms with Gasteiger partial charge in [-0.25, -0.2) is 9.59 Å². The van der Waals surface area contributed by atoms with Gasteiger partial charge in [-0.3, -0.25) is 29.1 Å². The summed E-state index contributed by atoms with van der Waals surface area (Å²) >= 11 is 12.8. The molecule has 2 saturated heterocycles. The highest BCUT2D eigenvalue weighted by molar-refractivity contribution is 6.31. The van der Waals surface area contributed by atoms with Crippen LogP contribution in [-0.2, 0) is 45.3 Å². The number of nitrogens with one attached hydrogen (secondary N) is 1. The van der Waals surface area contributed by atoms with Crippen molar-refractivity contribution in [2.24, 2.45) is 0 Å². The van der Waals surface area contributed by atoms with Crippen LogP contribution in [-0.4, -0.2) is 75.4 Å². The van der Waals surface area contributed by atoms with Gasteiger partial charge in [0, 0.05) is 35.3 Å². The summed E-state index contributed by atoms with van der Waals surface area (Å²) in [6, 6.07) is 35.3. The molecule has 2 fully saturated rings. The van der Waals surface area contributed by atoms with E-state index in [1.807, 2.05) is 112 Å². The van der Waals surface area contributed by atoms with E-state index in [4.69, 9.17) is 32.7 Å². The number of anilines is 1. The zero-order chi connectivity index (χ0) is 47.3. The molecule has 14 heteroatoms. The Morgan fingerprint density at radius 3 is 2.03 bits per heavy atom. The number of urea groups is 2. The minimum absolute atomic E-state index is 0.0198. The van der Waals surface area contributed by atoms with Crippen LogP contribution in [0.25, 0.3) is 0 Å². The SMILES string of the molecule is CCOC1C(=O)N(Cc2cc(C(C)CC)ccc2Cl)C(=O)N1Cc1ccccc1.Cc1ccc(OCCCC(=O)Nc2ccc(Cl)c(CN3C(=O)CN(Cc4ccccc4)C3=O)c2)c(C)c1. The second kappa shape index (κ2) is 23.3. The van der Waals surface area contributed by atoms with Crippen molar-refractivity contribution >= 4 is 58.7 Å². The fourth-order valence-corrected chi connectivity index (χ4v) is 8.02. The average Bonchev–Trinajstić information content (AvgIpc) is 3.69. The first-order valence-electron chi connectivity index (χ1n) is 22.2. The van der Waals surface area contributed by atoms with Gasteiger partial charge in [0.25, 0.3) is 11.8 Å². The van der Waals surface area contributed by atoms with E-state index >= 15 is 0 Å². The van der Waals surface area contributed by atoms with Crippen molar-refractivity contribution < 1.29 is 33.4 Å². The Bertz CT molecular complexity index is 2510. The first kappa shape index (κ1) is 49.2. The molecular formula is C52H57Cl2N5O7. The molecule has 0 aliphatic carbocycles. The summed E-state index contributed by atoms with van der Waals surface area (Å²) in [5, 5.41) is 3.83. The van der Waals surface area contributed by atoms with Crippen molar-refractivity contribution in [3.8, 4) is 5.75 Å². The number of carbonyl (C=O) groups is 5. The van der Waals surface area contributed by atoms with E-state index in [0.717, 1.165) is 40.0 Å². The standard InChI is InChI=1S/C29H30ClN3O4.C23H27ClN2O3/c1-20-10-13-26(21(2)15-20)37-14-6-9-27(34)31-24-11-12-25(30)23(16-24)18-33-28(35)19-32(29(33)36)17-22-7-4-3-5-8-22;1-4-16(3)18-11-12-20(24)19(13-18)15-25-21(27)22(29-5-2)26(23(25)28)14-17-9-7-6-8-10-17/h3-5,7-8,10-13,15-16H,6,9,14,17-19H2,1-2H3,(H,31,34);6-13,16,22H,4-5,14-15H2,1-3H3. The van der Waals surface area contributed by atoms with Crippen LogP contribution in [0.2, 0.25) is 10.0 Å². The Morgan fingerprint density at radius 1 is 0.742 bits per heavy atom. The van der Waals surface area contributed by atoms with Gasteiger partial charge in [0.15, 0.2) is 0 Å². The summed E-state index contributed by atoms with van der Waals surface area (Å²) in [6.45, 7) is 11.8. The summed E-state index contributed by atoms with van der Waals surface area (Å²) in [4.78, 5) is 69.5. The van der Waals surface area contributed by atoms with E-state index < -0.39 is 6.23 Å². The second-order valence-electron chi connectivity index (χ2n) is 16.5. The number of carbonyl (C=O) groups excluding carboxylic acids is 5. The highest BCUT2D eigenvalue weighted by Gasteiger charge is 2.46. The topological polar surface area (TPSA) is 129 Å². The molecular weight excluding hydrogens is 878 g/mol. The fourth-order valence-electron chi connectivity index (χ4n) is 7.66. The summed E-state index contributed by atoms with van der Waals surface area (Å²) in [5.41, 5.74) is 7.19. The minimum atomic E-state index is -0.913. The minimum Gasteiger partial charge on any atom is -0.493 e. The average molecular weight is 935 g/mol. The van der Waals surface area contributed by atoms with Crippen molar-refractivity contribution in [3.63, 3.8) is 0 Å². The molecule has 7 amide bonds. The number of hydrogen-bond donors (Lipinski definition) is 1. The largest absolute Gasteiger partial charge is 0.493 e. The molecule has 0 bridgehead atoms. The maximum atomic E-state index is 13.1. The molecule has 12 nitrogen and oxygen atoms in total. The number of imide groups is 2. The van der Waals surface area contributed by atoms with Crippen LogP contribution >= 0.6 is 23.2 Å². The lowest BCUT2D eigenvalue weighted by atomic mass is 9.97. The van der Waals surface area contributed by atoms with Gasteiger partial charge in [0.2, 0.25) is 12.1 Å². The van der Waals surface area contributed by atoms with E-state index in [-0.39, 0.29) is 49.4 Å². The highest BCUT2D eigenvalue weighted by atomic mass is 35.5. The van der Waals surface area contributed by atoms with Gasteiger partial charge in [-0.2, -0.15) is 0 Å². The van der Waals surface area contributed by atoms with Gasteiger partial charge in [-0.05, 0) is 103 Å². The maximum Gasteiger partial charge on any atom is 0.329 e. The number of amides is 7. The number of benzene rings is 5. The van der Waals surface area contributed by atoms with Crippen molar-refractivity contribution in [2.75, 3.05) is 25.1 Å².